The van der Waals surface area contributed by atoms with Gasteiger partial charge in [-0.05, 0) is 12.8 Å². The second kappa shape index (κ2) is 2.04. The average Bonchev–Trinajstić information content (AvgIpc) is 2.46. The van der Waals surface area contributed by atoms with E-state index in [1.807, 2.05) is 0 Å². The Kier molecular flexibility index (Phi) is 1.28. The van der Waals surface area contributed by atoms with Crippen molar-refractivity contribution >= 4 is 5.78 Å². The van der Waals surface area contributed by atoms with Gasteiger partial charge >= 0.3 is 0 Å². The van der Waals surface area contributed by atoms with Crippen LogP contribution in [0.3, 0.4) is 0 Å². The molecule has 10 heavy (non-hydrogen) atoms. The smallest absolute Gasteiger partial charge is 0.192 e. The number of hydrogen-bond acceptors (Lipinski definition) is 3. The van der Waals surface area contributed by atoms with Crippen molar-refractivity contribution in [2.45, 2.75) is 31.2 Å². The van der Waals surface area contributed by atoms with E-state index in [2.05, 4.69) is 0 Å². The summed E-state index contributed by atoms with van der Waals surface area (Å²) in [5, 5.41) is 0. The molecule has 0 aliphatic carbocycles. The molecule has 0 unspecified atom stereocenters. The van der Waals surface area contributed by atoms with Crippen molar-refractivity contribution in [2.75, 3.05) is 7.11 Å². The molecule has 0 radical (unpaired) electrons. The lowest BCUT2D eigenvalue weighted by Crippen LogP contribution is -2.33. The first-order valence-corrected chi connectivity index (χ1v) is 3.55. The van der Waals surface area contributed by atoms with Crippen LogP contribution in [-0.2, 0) is 14.3 Å². The second-order valence-corrected chi connectivity index (χ2v) is 2.80. The fourth-order valence-electron chi connectivity index (χ4n) is 1.73. The number of ketones is 1. The van der Waals surface area contributed by atoms with Gasteiger partial charge in [-0.15, -0.1) is 0 Å². The molecule has 2 heterocycles. The number of carbonyl (C=O) groups is 1. The van der Waals surface area contributed by atoms with Gasteiger partial charge in [-0.2, -0.15) is 0 Å². The van der Waals surface area contributed by atoms with E-state index in [9.17, 15) is 4.79 Å². The second-order valence-electron chi connectivity index (χ2n) is 2.80. The average molecular weight is 142 g/mol. The summed E-state index contributed by atoms with van der Waals surface area (Å²) >= 11 is 0. The topological polar surface area (TPSA) is 35.5 Å². The molecule has 3 atom stereocenters. The standard InChI is InChI=1S/C7H10O3/c1-9-7-5-3-2-4(10-5)6(7)8/h4-5,7H,2-3H2,1H3/t4-,5+,7+/m1/s1. The largest absolute Gasteiger partial charge is 0.371 e. The summed E-state index contributed by atoms with van der Waals surface area (Å²) in [6, 6.07) is 0. The monoisotopic (exact) mass is 142 g/mol. The maximum absolute atomic E-state index is 11.1. The van der Waals surface area contributed by atoms with Gasteiger partial charge in [0.1, 0.15) is 12.2 Å². The molecule has 2 bridgehead atoms. The zero-order chi connectivity index (χ0) is 7.14. The molecule has 0 spiro atoms. The predicted octanol–water partition coefficient (Wildman–Crippen LogP) is 0.132. The van der Waals surface area contributed by atoms with Crippen molar-refractivity contribution in [3.8, 4) is 0 Å². The fourth-order valence-corrected chi connectivity index (χ4v) is 1.73. The maximum Gasteiger partial charge on any atom is 0.192 e. The van der Waals surface area contributed by atoms with E-state index in [-0.39, 0.29) is 24.1 Å². The van der Waals surface area contributed by atoms with Crippen LogP contribution in [0.15, 0.2) is 0 Å². The molecule has 0 N–H and O–H groups in total. The number of rotatable bonds is 1. The van der Waals surface area contributed by atoms with Crippen molar-refractivity contribution in [1.82, 2.24) is 0 Å². The van der Waals surface area contributed by atoms with E-state index in [1.54, 1.807) is 7.11 Å². The van der Waals surface area contributed by atoms with E-state index < -0.39 is 0 Å². The molecule has 0 saturated carbocycles. The third-order valence-electron chi connectivity index (χ3n) is 2.24. The van der Waals surface area contributed by atoms with Crippen molar-refractivity contribution < 1.29 is 14.3 Å². The van der Waals surface area contributed by atoms with Gasteiger partial charge < -0.3 is 9.47 Å². The Morgan fingerprint density at radius 2 is 2.40 bits per heavy atom. The highest BCUT2D eigenvalue weighted by Gasteiger charge is 2.48. The van der Waals surface area contributed by atoms with Gasteiger partial charge in [-0.25, -0.2) is 0 Å². The number of fused-ring (bicyclic) bond motifs is 2. The molecule has 0 amide bonds. The lowest BCUT2D eigenvalue weighted by atomic mass is 9.96. The van der Waals surface area contributed by atoms with Gasteiger partial charge in [0.2, 0.25) is 0 Å². The number of carbonyl (C=O) groups excluding carboxylic acids is 1. The predicted molar refractivity (Wildman–Crippen MR) is 33.7 cm³/mol. The van der Waals surface area contributed by atoms with Gasteiger partial charge in [0.05, 0.1) is 6.10 Å². The van der Waals surface area contributed by atoms with Crippen LogP contribution in [0.25, 0.3) is 0 Å². The van der Waals surface area contributed by atoms with E-state index in [0.717, 1.165) is 12.8 Å². The molecule has 3 heteroatoms. The van der Waals surface area contributed by atoms with Crippen LogP contribution in [0.5, 0.6) is 0 Å². The molecule has 2 saturated heterocycles. The van der Waals surface area contributed by atoms with Crippen LogP contribution >= 0.6 is 0 Å². The van der Waals surface area contributed by atoms with Crippen LogP contribution in [0, 0.1) is 0 Å². The first-order valence-electron chi connectivity index (χ1n) is 3.55. The summed E-state index contributed by atoms with van der Waals surface area (Å²) in [5.41, 5.74) is 0. The third-order valence-corrected chi connectivity index (χ3v) is 2.24. The van der Waals surface area contributed by atoms with E-state index in [4.69, 9.17) is 9.47 Å². The summed E-state index contributed by atoms with van der Waals surface area (Å²) in [4.78, 5) is 11.1. The molecule has 2 aliphatic rings. The van der Waals surface area contributed by atoms with Gasteiger partial charge in [0, 0.05) is 7.11 Å². The minimum atomic E-state index is -0.265. The summed E-state index contributed by atoms with van der Waals surface area (Å²) < 4.78 is 10.3. The Morgan fingerprint density at radius 3 is 2.80 bits per heavy atom. The minimum Gasteiger partial charge on any atom is -0.371 e. The molecular weight excluding hydrogens is 132 g/mol. The van der Waals surface area contributed by atoms with Crippen molar-refractivity contribution in [3.63, 3.8) is 0 Å². The molecule has 0 aromatic carbocycles. The molecule has 2 fully saturated rings. The molecule has 2 rings (SSSR count). The van der Waals surface area contributed by atoms with Gasteiger partial charge in [-0.1, -0.05) is 0 Å². The van der Waals surface area contributed by atoms with Crippen molar-refractivity contribution in [1.29, 1.82) is 0 Å². The molecule has 3 nitrogen and oxygen atoms in total. The first kappa shape index (κ1) is 6.31. The fraction of sp³-hybridized carbons (Fsp3) is 0.857. The number of Topliss-reactive ketones (excluding diaryl/α,β-unsaturated/α-hetero) is 1. The summed E-state index contributed by atoms with van der Waals surface area (Å²) in [7, 11) is 1.56. The lowest BCUT2D eigenvalue weighted by Gasteiger charge is -2.14. The quantitative estimate of drug-likeness (QED) is 0.522. The molecule has 0 aromatic rings. The van der Waals surface area contributed by atoms with Crippen LogP contribution in [-0.4, -0.2) is 31.2 Å². The molecular formula is C7H10O3. The van der Waals surface area contributed by atoms with Crippen LogP contribution in [0.4, 0.5) is 0 Å². The van der Waals surface area contributed by atoms with E-state index in [0.29, 0.717) is 0 Å². The Balaban J connectivity index is 2.17. The Hall–Kier alpha value is -0.410. The number of methoxy groups -OCH3 is 1. The SMILES string of the molecule is CO[C@@H]1C(=O)[C@H]2CC[C@@H]1O2. The van der Waals surface area contributed by atoms with Crippen LogP contribution in [0.2, 0.25) is 0 Å². The minimum absolute atomic E-state index is 0.0579. The summed E-state index contributed by atoms with van der Waals surface area (Å²) in [6.07, 6.45) is 1.52. The summed E-state index contributed by atoms with van der Waals surface area (Å²) in [5.74, 6) is 0.138. The van der Waals surface area contributed by atoms with Gasteiger partial charge in [0.25, 0.3) is 0 Å². The van der Waals surface area contributed by atoms with E-state index >= 15 is 0 Å². The van der Waals surface area contributed by atoms with Gasteiger partial charge in [-0.3, -0.25) is 4.79 Å². The normalized spacial score (nSPS) is 44.9. The number of ether oxygens (including phenoxy) is 2. The van der Waals surface area contributed by atoms with Gasteiger partial charge in [0.15, 0.2) is 5.78 Å². The number of hydrogen-bond donors (Lipinski definition) is 0. The highest BCUT2D eigenvalue weighted by molar-refractivity contribution is 5.90. The molecule has 2 aliphatic heterocycles. The molecule has 56 valence electrons. The van der Waals surface area contributed by atoms with Crippen molar-refractivity contribution in [3.05, 3.63) is 0 Å². The first-order chi connectivity index (χ1) is 4.83. The maximum atomic E-state index is 11.1. The Morgan fingerprint density at radius 1 is 1.60 bits per heavy atom. The highest BCUT2D eigenvalue weighted by atomic mass is 16.6. The highest BCUT2D eigenvalue weighted by Crippen LogP contribution is 2.32. The molecule has 0 aromatic heterocycles. The third kappa shape index (κ3) is 0.646. The zero-order valence-electron chi connectivity index (χ0n) is 5.87. The summed E-state index contributed by atoms with van der Waals surface area (Å²) in [6.45, 7) is 0. The Bertz CT molecular complexity index is 166. The van der Waals surface area contributed by atoms with Crippen LogP contribution in [0.1, 0.15) is 12.8 Å². The zero-order valence-corrected chi connectivity index (χ0v) is 5.87. The Labute approximate surface area is 59.3 Å². The lowest BCUT2D eigenvalue weighted by molar-refractivity contribution is -0.129. The van der Waals surface area contributed by atoms with E-state index in [1.165, 1.54) is 0 Å². The van der Waals surface area contributed by atoms with Crippen LogP contribution < -0.4 is 0 Å². The van der Waals surface area contributed by atoms with Crippen molar-refractivity contribution in [2.24, 2.45) is 0 Å².